The van der Waals surface area contributed by atoms with Crippen molar-refractivity contribution in [3.63, 3.8) is 0 Å². The van der Waals surface area contributed by atoms with Crippen molar-refractivity contribution in [2.45, 2.75) is 59.5 Å². The monoisotopic (exact) mass is 322 g/mol. The average Bonchev–Trinajstić information content (AvgIpc) is 2.84. The van der Waals surface area contributed by atoms with Gasteiger partial charge >= 0.3 is 12.1 Å². The van der Waals surface area contributed by atoms with E-state index in [4.69, 9.17) is 9.47 Å². The molecule has 1 aromatic heterocycles. The van der Waals surface area contributed by atoms with Gasteiger partial charge in [0.15, 0.2) is 0 Å². The molecule has 0 aliphatic rings. The fraction of sp³-hybridized carbons (Fsp3) is 0.588. The van der Waals surface area contributed by atoms with Crippen LogP contribution in [0.5, 0.6) is 0 Å². The molecule has 0 radical (unpaired) electrons. The molecule has 0 aromatic carbocycles. The molecule has 128 valence electrons. The van der Waals surface area contributed by atoms with Gasteiger partial charge in [0.05, 0.1) is 18.5 Å². The van der Waals surface area contributed by atoms with Crippen molar-refractivity contribution >= 4 is 18.1 Å². The van der Waals surface area contributed by atoms with Crippen molar-refractivity contribution in [2.75, 3.05) is 6.61 Å². The SMILES string of the molecule is CCCCc1ncc(/C=C/C(=O)OCC)n1C(=O)OC(C)(C)C. The molecule has 0 saturated heterocycles. The maximum Gasteiger partial charge on any atom is 0.420 e. The second kappa shape index (κ2) is 8.50. The van der Waals surface area contributed by atoms with E-state index in [9.17, 15) is 9.59 Å². The lowest BCUT2D eigenvalue weighted by Gasteiger charge is -2.20. The van der Waals surface area contributed by atoms with Crippen LogP contribution in [0.1, 0.15) is 59.0 Å². The van der Waals surface area contributed by atoms with Gasteiger partial charge < -0.3 is 9.47 Å². The van der Waals surface area contributed by atoms with Crippen molar-refractivity contribution in [3.8, 4) is 0 Å². The Bertz CT molecular complexity index is 568. The van der Waals surface area contributed by atoms with Gasteiger partial charge in [-0.3, -0.25) is 0 Å². The van der Waals surface area contributed by atoms with E-state index in [0.717, 1.165) is 12.8 Å². The topological polar surface area (TPSA) is 70.4 Å². The van der Waals surface area contributed by atoms with Crippen molar-refractivity contribution in [3.05, 3.63) is 23.8 Å². The van der Waals surface area contributed by atoms with E-state index in [0.29, 0.717) is 24.5 Å². The van der Waals surface area contributed by atoms with Gasteiger partial charge in [-0.1, -0.05) is 13.3 Å². The maximum absolute atomic E-state index is 12.4. The number of aromatic nitrogens is 2. The molecule has 23 heavy (non-hydrogen) atoms. The van der Waals surface area contributed by atoms with E-state index in [-0.39, 0.29) is 0 Å². The second-order valence-corrected chi connectivity index (χ2v) is 6.10. The van der Waals surface area contributed by atoms with Gasteiger partial charge in [-0.25, -0.2) is 19.1 Å². The van der Waals surface area contributed by atoms with Gasteiger partial charge in [0.2, 0.25) is 0 Å². The minimum Gasteiger partial charge on any atom is -0.463 e. The number of ether oxygens (including phenoxy) is 2. The summed E-state index contributed by atoms with van der Waals surface area (Å²) in [5.41, 5.74) is -0.107. The molecule has 0 amide bonds. The van der Waals surface area contributed by atoms with Gasteiger partial charge in [0, 0.05) is 12.5 Å². The Morgan fingerprint density at radius 3 is 2.57 bits per heavy atom. The summed E-state index contributed by atoms with van der Waals surface area (Å²) >= 11 is 0. The van der Waals surface area contributed by atoms with Gasteiger partial charge in [0.1, 0.15) is 11.4 Å². The largest absolute Gasteiger partial charge is 0.463 e. The van der Waals surface area contributed by atoms with Crippen LogP contribution in [-0.2, 0) is 20.7 Å². The second-order valence-electron chi connectivity index (χ2n) is 6.10. The molecule has 0 aliphatic heterocycles. The fourth-order valence-corrected chi connectivity index (χ4v) is 1.90. The lowest BCUT2D eigenvalue weighted by atomic mass is 10.2. The third-order valence-corrected chi connectivity index (χ3v) is 2.87. The third-order valence-electron chi connectivity index (χ3n) is 2.87. The van der Waals surface area contributed by atoms with Crippen LogP contribution in [0.4, 0.5) is 4.79 Å². The van der Waals surface area contributed by atoms with Crippen molar-refractivity contribution in [1.29, 1.82) is 0 Å². The first-order valence-electron chi connectivity index (χ1n) is 7.93. The summed E-state index contributed by atoms with van der Waals surface area (Å²) < 4.78 is 11.7. The van der Waals surface area contributed by atoms with Gasteiger partial charge in [-0.05, 0) is 40.2 Å². The standard InChI is InChI=1S/C17H26N2O4/c1-6-8-9-14-18-12-13(10-11-15(20)22-7-2)19(14)16(21)23-17(3,4)5/h10-12H,6-9H2,1-5H3/b11-10+. The molecule has 0 fully saturated rings. The Kier molecular flexibility index (Phi) is 7.00. The Hall–Kier alpha value is -2.11. The molecule has 0 N–H and O–H groups in total. The Morgan fingerprint density at radius 2 is 2.00 bits per heavy atom. The molecular formula is C17H26N2O4. The van der Waals surface area contributed by atoms with Crippen LogP contribution in [-0.4, -0.2) is 33.8 Å². The molecule has 0 bridgehead atoms. The molecular weight excluding hydrogens is 296 g/mol. The number of hydrogen-bond acceptors (Lipinski definition) is 5. The zero-order valence-corrected chi connectivity index (χ0v) is 14.6. The summed E-state index contributed by atoms with van der Waals surface area (Å²) in [7, 11) is 0. The van der Waals surface area contributed by atoms with Crippen molar-refractivity contribution in [1.82, 2.24) is 9.55 Å². The number of hydrogen-bond donors (Lipinski definition) is 0. The summed E-state index contributed by atoms with van der Waals surface area (Å²) in [6.07, 6.45) is 6.45. The normalized spacial score (nSPS) is 11.7. The number of carbonyl (C=O) groups is 2. The maximum atomic E-state index is 12.4. The summed E-state index contributed by atoms with van der Waals surface area (Å²) in [4.78, 5) is 28.2. The van der Waals surface area contributed by atoms with Crippen LogP contribution in [0.15, 0.2) is 12.3 Å². The van der Waals surface area contributed by atoms with Gasteiger partial charge in [-0.15, -0.1) is 0 Å². The number of aryl methyl sites for hydroxylation is 1. The molecule has 0 spiro atoms. The van der Waals surface area contributed by atoms with Gasteiger partial charge in [-0.2, -0.15) is 0 Å². The molecule has 0 aliphatic carbocycles. The smallest absolute Gasteiger partial charge is 0.420 e. The third kappa shape index (κ3) is 6.26. The van der Waals surface area contributed by atoms with Crippen molar-refractivity contribution in [2.24, 2.45) is 0 Å². The zero-order valence-electron chi connectivity index (χ0n) is 14.6. The number of carbonyl (C=O) groups excluding carboxylic acids is 2. The highest BCUT2D eigenvalue weighted by Gasteiger charge is 2.22. The minimum absolute atomic E-state index is 0.302. The lowest BCUT2D eigenvalue weighted by Crippen LogP contribution is -2.28. The van der Waals surface area contributed by atoms with Crippen LogP contribution in [0, 0.1) is 0 Å². The number of esters is 1. The average molecular weight is 322 g/mol. The van der Waals surface area contributed by atoms with E-state index in [1.807, 2.05) is 20.8 Å². The predicted molar refractivity (Wildman–Crippen MR) is 88.1 cm³/mol. The first kappa shape index (κ1) is 18.9. The van der Waals surface area contributed by atoms with Crippen molar-refractivity contribution < 1.29 is 19.1 Å². The molecule has 1 aromatic rings. The van der Waals surface area contributed by atoms with Crippen LogP contribution in [0.3, 0.4) is 0 Å². The number of unbranched alkanes of at least 4 members (excludes halogenated alkanes) is 1. The highest BCUT2D eigenvalue weighted by atomic mass is 16.6. The van der Waals surface area contributed by atoms with Crippen LogP contribution < -0.4 is 0 Å². The highest BCUT2D eigenvalue weighted by Crippen LogP contribution is 2.15. The van der Waals surface area contributed by atoms with E-state index in [1.165, 1.54) is 16.7 Å². The van der Waals surface area contributed by atoms with E-state index in [1.54, 1.807) is 13.1 Å². The quantitative estimate of drug-likeness (QED) is 0.591. The highest BCUT2D eigenvalue weighted by molar-refractivity contribution is 5.87. The lowest BCUT2D eigenvalue weighted by molar-refractivity contribution is -0.137. The summed E-state index contributed by atoms with van der Waals surface area (Å²) in [5, 5.41) is 0. The number of rotatable bonds is 6. The van der Waals surface area contributed by atoms with Gasteiger partial charge in [0.25, 0.3) is 0 Å². The molecule has 6 nitrogen and oxygen atoms in total. The number of nitrogens with zero attached hydrogens (tertiary/aromatic N) is 2. The van der Waals surface area contributed by atoms with Crippen LogP contribution in [0.25, 0.3) is 6.08 Å². The van der Waals surface area contributed by atoms with Crippen LogP contribution in [0.2, 0.25) is 0 Å². The Balaban J connectivity index is 3.08. The summed E-state index contributed by atoms with van der Waals surface area (Å²) in [6, 6.07) is 0. The molecule has 0 saturated carbocycles. The van der Waals surface area contributed by atoms with E-state index in [2.05, 4.69) is 11.9 Å². The van der Waals surface area contributed by atoms with E-state index >= 15 is 0 Å². The first-order valence-corrected chi connectivity index (χ1v) is 7.93. The molecule has 1 rings (SSSR count). The molecule has 0 unspecified atom stereocenters. The molecule has 6 heteroatoms. The summed E-state index contributed by atoms with van der Waals surface area (Å²) in [5.74, 6) is 0.171. The summed E-state index contributed by atoms with van der Waals surface area (Å²) in [6.45, 7) is 9.53. The minimum atomic E-state index is -0.606. The Morgan fingerprint density at radius 1 is 1.30 bits per heavy atom. The molecule has 1 heterocycles. The van der Waals surface area contributed by atoms with E-state index < -0.39 is 17.7 Å². The fourth-order valence-electron chi connectivity index (χ4n) is 1.90. The Labute approximate surface area is 137 Å². The van der Waals surface area contributed by atoms with Crippen LogP contribution >= 0.6 is 0 Å². The molecule has 0 atom stereocenters. The first-order chi connectivity index (χ1) is 10.8. The predicted octanol–water partition coefficient (Wildman–Crippen LogP) is 3.59. The number of imidazole rings is 1. The zero-order chi connectivity index (χ0) is 17.5.